The van der Waals surface area contributed by atoms with Crippen LogP contribution >= 0.6 is 0 Å². The number of aliphatic imine (C=N–C) groups is 1. The van der Waals surface area contributed by atoms with E-state index in [0.717, 1.165) is 37.8 Å². The second-order valence-electron chi connectivity index (χ2n) is 5.76. The summed E-state index contributed by atoms with van der Waals surface area (Å²) in [5, 5.41) is 6.62. The average molecular weight is 275 g/mol. The van der Waals surface area contributed by atoms with E-state index in [1.165, 1.54) is 5.56 Å². The van der Waals surface area contributed by atoms with Crippen LogP contribution in [0.25, 0.3) is 0 Å². The molecule has 1 atom stereocenters. The molecule has 1 aliphatic rings. The molecule has 0 aromatic heterocycles. The first-order valence-corrected chi connectivity index (χ1v) is 7.40. The lowest BCUT2D eigenvalue weighted by Gasteiger charge is -2.10. The van der Waals surface area contributed by atoms with Crippen LogP contribution in [0.4, 0.5) is 0 Å². The first-order valence-electron chi connectivity index (χ1n) is 7.40. The van der Waals surface area contributed by atoms with Gasteiger partial charge in [-0.15, -0.1) is 0 Å². The third kappa shape index (κ3) is 4.76. The van der Waals surface area contributed by atoms with Crippen molar-refractivity contribution in [2.45, 2.75) is 33.2 Å². The highest BCUT2D eigenvalue weighted by molar-refractivity contribution is 5.81. The van der Waals surface area contributed by atoms with Crippen molar-refractivity contribution in [1.29, 1.82) is 0 Å². The lowest BCUT2D eigenvalue weighted by Crippen LogP contribution is -2.38. The summed E-state index contributed by atoms with van der Waals surface area (Å²) >= 11 is 0. The summed E-state index contributed by atoms with van der Waals surface area (Å²) in [6.45, 7) is 8.97. The minimum atomic E-state index is 0.454. The zero-order valence-corrected chi connectivity index (χ0v) is 12.6. The lowest BCUT2D eigenvalue weighted by molar-refractivity contribution is 0.271. The molecule has 110 valence electrons. The van der Waals surface area contributed by atoms with E-state index < -0.39 is 0 Å². The Kier molecular flexibility index (Phi) is 5.27. The molecule has 1 heterocycles. The molecule has 0 aliphatic carbocycles. The largest absolute Gasteiger partial charge is 0.493 e. The van der Waals surface area contributed by atoms with E-state index in [9.17, 15) is 0 Å². The molecule has 0 saturated heterocycles. The summed E-state index contributed by atoms with van der Waals surface area (Å²) in [5.41, 5.74) is 1.31. The molecule has 1 aromatic carbocycles. The Hall–Kier alpha value is -1.71. The maximum absolute atomic E-state index is 5.68. The minimum Gasteiger partial charge on any atom is -0.493 e. The molecule has 2 N–H and O–H groups in total. The Labute approximate surface area is 121 Å². The molecule has 20 heavy (non-hydrogen) atoms. The summed E-state index contributed by atoms with van der Waals surface area (Å²) in [6.07, 6.45) is 0.986. The number of ether oxygens (including phenoxy) is 1. The first kappa shape index (κ1) is 14.7. The Bertz CT molecular complexity index is 440. The van der Waals surface area contributed by atoms with Gasteiger partial charge in [0.05, 0.1) is 13.2 Å². The maximum Gasteiger partial charge on any atom is 0.191 e. The monoisotopic (exact) mass is 275 g/mol. The Morgan fingerprint density at radius 2 is 2.10 bits per heavy atom. The van der Waals surface area contributed by atoms with Gasteiger partial charge in [0, 0.05) is 12.6 Å². The molecule has 4 heteroatoms. The van der Waals surface area contributed by atoms with Gasteiger partial charge < -0.3 is 15.4 Å². The Morgan fingerprint density at radius 3 is 2.70 bits per heavy atom. The van der Waals surface area contributed by atoms with E-state index in [-0.39, 0.29) is 0 Å². The Morgan fingerprint density at radius 1 is 1.35 bits per heavy atom. The predicted molar refractivity (Wildman–Crippen MR) is 83.4 cm³/mol. The van der Waals surface area contributed by atoms with Crippen LogP contribution in [0.15, 0.2) is 29.3 Å². The third-order valence-electron chi connectivity index (χ3n) is 3.12. The van der Waals surface area contributed by atoms with Crippen LogP contribution < -0.4 is 15.4 Å². The summed E-state index contributed by atoms with van der Waals surface area (Å²) in [6, 6.07) is 8.80. The molecule has 0 fully saturated rings. The molecule has 4 nitrogen and oxygen atoms in total. The van der Waals surface area contributed by atoms with Gasteiger partial charge >= 0.3 is 0 Å². The summed E-state index contributed by atoms with van der Waals surface area (Å²) in [5.74, 6) is 2.43. The SMILES string of the molecule is CC(C)COc1ccc(CCNC2=NCC(C)N2)cc1. The van der Waals surface area contributed by atoms with Crippen molar-refractivity contribution >= 4 is 5.96 Å². The van der Waals surface area contributed by atoms with Crippen molar-refractivity contribution in [2.24, 2.45) is 10.9 Å². The number of guanidine groups is 1. The van der Waals surface area contributed by atoms with Crippen LogP contribution in [0, 0.1) is 5.92 Å². The van der Waals surface area contributed by atoms with Gasteiger partial charge in [0.2, 0.25) is 0 Å². The number of hydrogen-bond donors (Lipinski definition) is 2. The highest BCUT2D eigenvalue weighted by Gasteiger charge is 2.10. The van der Waals surface area contributed by atoms with E-state index in [1.807, 2.05) is 12.1 Å². The Balaban J connectivity index is 1.71. The van der Waals surface area contributed by atoms with Crippen LogP contribution in [-0.2, 0) is 6.42 Å². The maximum atomic E-state index is 5.68. The van der Waals surface area contributed by atoms with Gasteiger partial charge in [-0.05, 0) is 37.0 Å². The van der Waals surface area contributed by atoms with Crippen LogP contribution in [0.3, 0.4) is 0 Å². The molecule has 1 aromatic rings. The molecule has 1 unspecified atom stereocenters. The molecule has 1 aliphatic heterocycles. The van der Waals surface area contributed by atoms with E-state index in [0.29, 0.717) is 12.0 Å². The van der Waals surface area contributed by atoms with E-state index >= 15 is 0 Å². The number of benzene rings is 1. The zero-order chi connectivity index (χ0) is 14.4. The molecule has 2 rings (SSSR count). The topological polar surface area (TPSA) is 45.6 Å². The van der Waals surface area contributed by atoms with Gasteiger partial charge in [0.1, 0.15) is 5.75 Å². The standard InChI is InChI=1S/C16H25N3O/c1-12(2)11-20-15-6-4-14(5-7-15)8-9-17-16-18-10-13(3)19-16/h4-7,12-13H,8-11H2,1-3H3,(H2,17,18,19). The van der Waals surface area contributed by atoms with Gasteiger partial charge in [0.15, 0.2) is 5.96 Å². The van der Waals surface area contributed by atoms with Crippen molar-refractivity contribution in [2.75, 3.05) is 19.7 Å². The highest BCUT2D eigenvalue weighted by atomic mass is 16.5. The second-order valence-corrected chi connectivity index (χ2v) is 5.76. The molecule has 0 bridgehead atoms. The molecular weight excluding hydrogens is 250 g/mol. The van der Waals surface area contributed by atoms with Crippen LogP contribution in [-0.4, -0.2) is 31.7 Å². The number of nitrogens with one attached hydrogen (secondary N) is 2. The molecule has 0 spiro atoms. The van der Waals surface area contributed by atoms with Crippen molar-refractivity contribution in [1.82, 2.24) is 10.6 Å². The minimum absolute atomic E-state index is 0.454. The van der Waals surface area contributed by atoms with Crippen LogP contribution in [0.5, 0.6) is 5.75 Å². The fourth-order valence-electron chi connectivity index (χ4n) is 2.00. The van der Waals surface area contributed by atoms with Gasteiger partial charge in [-0.1, -0.05) is 26.0 Å². The first-order chi connectivity index (χ1) is 9.63. The van der Waals surface area contributed by atoms with Crippen molar-refractivity contribution in [3.05, 3.63) is 29.8 Å². The number of nitrogens with zero attached hydrogens (tertiary/aromatic N) is 1. The van der Waals surface area contributed by atoms with Crippen molar-refractivity contribution in [3.8, 4) is 5.75 Å². The molecular formula is C16H25N3O. The van der Waals surface area contributed by atoms with Gasteiger partial charge in [-0.2, -0.15) is 0 Å². The van der Waals surface area contributed by atoms with Gasteiger partial charge in [-0.25, -0.2) is 0 Å². The van der Waals surface area contributed by atoms with E-state index in [1.54, 1.807) is 0 Å². The van der Waals surface area contributed by atoms with E-state index in [4.69, 9.17) is 4.74 Å². The number of hydrogen-bond acceptors (Lipinski definition) is 4. The normalized spacial score (nSPS) is 17.8. The van der Waals surface area contributed by atoms with Crippen molar-refractivity contribution < 1.29 is 4.74 Å². The summed E-state index contributed by atoms with van der Waals surface area (Å²) in [4.78, 5) is 4.38. The predicted octanol–water partition coefficient (Wildman–Crippen LogP) is 2.20. The quantitative estimate of drug-likeness (QED) is 0.836. The zero-order valence-electron chi connectivity index (χ0n) is 12.6. The summed E-state index contributed by atoms with van der Waals surface area (Å²) in [7, 11) is 0. The molecule has 0 amide bonds. The smallest absolute Gasteiger partial charge is 0.191 e. The second kappa shape index (κ2) is 7.17. The fourth-order valence-corrected chi connectivity index (χ4v) is 2.00. The number of rotatable bonds is 6. The molecule has 0 radical (unpaired) electrons. The summed E-state index contributed by atoms with van der Waals surface area (Å²) < 4.78 is 5.68. The lowest BCUT2D eigenvalue weighted by atomic mass is 10.1. The fraction of sp³-hybridized carbons (Fsp3) is 0.562. The average Bonchev–Trinajstić information content (AvgIpc) is 2.83. The van der Waals surface area contributed by atoms with Crippen LogP contribution in [0.2, 0.25) is 0 Å². The van der Waals surface area contributed by atoms with Crippen molar-refractivity contribution in [3.63, 3.8) is 0 Å². The van der Waals surface area contributed by atoms with Gasteiger partial charge in [0.25, 0.3) is 0 Å². The van der Waals surface area contributed by atoms with E-state index in [2.05, 4.69) is 48.5 Å². The molecule has 0 saturated carbocycles. The highest BCUT2D eigenvalue weighted by Crippen LogP contribution is 2.13. The van der Waals surface area contributed by atoms with Crippen LogP contribution in [0.1, 0.15) is 26.3 Å². The van der Waals surface area contributed by atoms with Gasteiger partial charge in [-0.3, -0.25) is 4.99 Å². The third-order valence-corrected chi connectivity index (χ3v) is 3.12.